The molecule has 3 heterocycles. The number of ether oxygens (including phenoxy) is 1. The van der Waals surface area contributed by atoms with Gasteiger partial charge < -0.3 is 19.4 Å². The van der Waals surface area contributed by atoms with Gasteiger partial charge in [0.05, 0.1) is 24.5 Å². The van der Waals surface area contributed by atoms with Gasteiger partial charge in [-0.2, -0.15) is 0 Å². The van der Waals surface area contributed by atoms with Crippen molar-refractivity contribution in [2.75, 3.05) is 45.9 Å². The van der Waals surface area contributed by atoms with E-state index in [1.807, 2.05) is 32.9 Å². The third kappa shape index (κ3) is 5.72. The number of hydrogen-bond donors (Lipinski definition) is 1. The summed E-state index contributed by atoms with van der Waals surface area (Å²) in [6, 6.07) is 8.55. The molecule has 1 unspecified atom stereocenters. The van der Waals surface area contributed by atoms with Crippen molar-refractivity contribution in [1.82, 2.24) is 20.0 Å². The summed E-state index contributed by atoms with van der Waals surface area (Å²) in [5.74, 6) is -0.219. The highest BCUT2D eigenvalue weighted by Gasteiger charge is 2.39. The molecule has 0 radical (unpaired) electrons. The molecule has 1 aromatic heterocycles. The van der Waals surface area contributed by atoms with E-state index < -0.39 is 12.0 Å². The average molecular weight is 509 g/mol. The van der Waals surface area contributed by atoms with Gasteiger partial charge >= 0.3 is 12.0 Å². The summed E-state index contributed by atoms with van der Waals surface area (Å²) in [7, 11) is 0. The van der Waals surface area contributed by atoms with Crippen molar-refractivity contribution in [2.45, 2.75) is 40.2 Å². The number of rotatable bonds is 7. The zero-order valence-corrected chi connectivity index (χ0v) is 22.1. The molecule has 9 heteroatoms. The van der Waals surface area contributed by atoms with Gasteiger partial charge in [0.25, 0.3) is 5.91 Å². The number of nitrogens with zero attached hydrogens (tertiary/aromatic N) is 3. The number of benzene rings is 1. The van der Waals surface area contributed by atoms with Crippen molar-refractivity contribution in [3.63, 3.8) is 0 Å². The molecular formula is C28H36N4O5. The van der Waals surface area contributed by atoms with Crippen molar-refractivity contribution in [2.24, 2.45) is 0 Å². The lowest BCUT2D eigenvalue weighted by Gasteiger charge is -2.38. The predicted octanol–water partition coefficient (Wildman–Crippen LogP) is 3.65. The number of aryl methyl sites for hydroxylation is 2. The van der Waals surface area contributed by atoms with E-state index >= 15 is 0 Å². The van der Waals surface area contributed by atoms with Crippen molar-refractivity contribution < 1.29 is 23.5 Å². The average Bonchev–Trinajstić information content (AvgIpc) is 3.30. The van der Waals surface area contributed by atoms with E-state index in [9.17, 15) is 14.4 Å². The summed E-state index contributed by atoms with van der Waals surface area (Å²) in [5.41, 5.74) is 4.10. The molecule has 198 valence electrons. The number of likely N-dealkylation sites (N-methyl/N-ethyl adjacent to an activating group) is 1. The summed E-state index contributed by atoms with van der Waals surface area (Å²) >= 11 is 0. The summed E-state index contributed by atoms with van der Waals surface area (Å²) in [6.07, 6.45) is 2.27. The second-order valence-electron chi connectivity index (χ2n) is 9.47. The molecular weight excluding hydrogens is 472 g/mol. The van der Waals surface area contributed by atoms with Crippen LogP contribution < -0.4 is 5.32 Å². The van der Waals surface area contributed by atoms with Crippen LogP contribution >= 0.6 is 0 Å². The zero-order chi connectivity index (χ0) is 26.5. The number of furan rings is 1. The minimum absolute atomic E-state index is 0.125. The Morgan fingerprint density at radius 2 is 1.92 bits per heavy atom. The SMILES string of the molecule is CCOC(=O)C1=C(CN2CCCN(C(=O)c3ccco3)CC2)N(CC)C(=O)NC1c1ccc(C)cc1C. The Morgan fingerprint density at radius 1 is 1.11 bits per heavy atom. The largest absolute Gasteiger partial charge is 0.463 e. The first-order valence-electron chi connectivity index (χ1n) is 12.9. The van der Waals surface area contributed by atoms with Gasteiger partial charge in [0.1, 0.15) is 0 Å². The van der Waals surface area contributed by atoms with E-state index in [-0.39, 0.29) is 18.5 Å². The van der Waals surface area contributed by atoms with Crippen molar-refractivity contribution in [3.05, 3.63) is 70.3 Å². The fourth-order valence-corrected chi connectivity index (χ4v) is 5.14. The van der Waals surface area contributed by atoms with E-state index in [2.05, 4.69) is 16.3 Å². The minimum Gasteiger partial charge on any atom is -0.463 e. The van der Waals surface area contributed by atoms with Crippen LogP contribution in [-0.2, 0) is 9.53 Å². The topological polar surface area (TPSA) is 95.3 Å². The number of nitrogens with one attached hydrogen (secondary N) is 1. The molecule has 0 aliphatic carbocycles. The Labute approximate surface area is 218 Å². The maximum atomic E-state index is 13.4. The van der Waals surface area contributed by atoms with Gasteiger partial charge in [0, 0.05) is 45.0 Å². The number of carbonyl (C=O) groups excluding carboxylic acids is 3. The Balaban J connectivity index is 1.66. The lowest BCUT2D eigenvalue weighted by Crippen LogP contribution is -2.51. The molecule has 1 fully saturated rings. The molecule has 0 spiro atoms. The Kier molecular flexibility index (Phi) is 8.33. The highest BCUT2D eigenvalue weighted by atomic mass is 16.5. The molecule has 2 aromatic rings. The van der Waals surface area contributed by atoms with Gasteiger partial charge in [0.2, 0.25) is 0 Å². The van der Waals surface area contributed by atoms with E-state index in [1.165, 1.54) is 6.26 Å². The van der Waals surface area contributed by atoms with Crippen LogP contribution in [0.4, 0.5) is 4.79 Å². The summed E-state index contributed by atoms with van der Waals surface area (Å²) in [6.45, 7) is 11.2. The Morgan fingerprint density at radius 3 is 2.59 bits per heavy atom. The van der Waals surface area contributed by atoms with Crippen molar-refractivity contribution in [3.8, 4) is 0 Å². The number of carbonyl (C=O) groups is 3. The molecule has 1 aromatic carbocycles. The Hall–Kier alpha value is -3.59. The molecule has 4 rings (SSSR count). The highest BCUT2D eigenvalue weighted by Crippen LogP contribution is 2.34. The molecule has 9 nitrogen and oxygen atoms in total. The molecule has 0 bridgehead atoms. The van der Waals surface area contributed by atoms with Gasteiger partial charge in [0.15, 0.2) is 5.76 Å². The Bertz CT molecular complexity index is 1170. The molecule has 1 saturated heterocycles. The first-order chi connectivity index (χ1) is 17.8. The summed E-state index contributed by atoms with van der Waals surface area (Å²) in [4.78, 5) is 45.1. The standard InChI is InChI=1S/C28H36N4O5/c1-5-32-22(18-30-12-8-13-31(15-14-30)26(33)23-9-7-16-37-23)24(27(34)36-6-2)25(29-28(32)35)21-11-10-19(3)17-20(21)4/h7,9-11,16-17,25H,5-6,8,12-15,18H2,1-4H3,(H,29,35). The van der Waals surface area contributed by atoms with Crippen LogP contribution in [0.1, 0.15) is 53.6 Å². The summed E-state index contributed by atoms with van der Waals surface area (Å²) < 4.78 is 10.8. The van der Waals surface area contributed by atoms with Crippen LogP contribution in [0.3, 0.4) is 0 Å². The highest BCUT2D eigenvalue weighted by molar-refractivity contribution is 5.95. The van der Waals surface area contributed by atoms with Crippen LogP contribution in [0.5, 0.6) is 0 Å². The van der Waals surface area contributed by atoms with Crippen LogP contribution in [0, 0.1) is 13.8 Å². The third-order valence-corrected chi connectivity index (χ3v) is 6.97. The first kappa shape index (κ1) is 26.5. The molecule has 2 aliphatic rings. The van der Waals surface area contributed by atoms with Gasteiger partial charge in [-0.05, 0) is 57.4 Å². The number of esters is 1. The van der Waals surface area contributed by atoms with Crippen LogP contribution in [0.2, 0.25) is 0 Å². The number of amides is 3. The van der Waals surface area contributed by atoms with E-state index in [0.717, 1.165) is 29.7 Å². The van der Waals surface area contributed by atoms with E-state index in [4.69, 9.17) is 9.15 Å². The molecule has 0 saturated carbocycles. The second-order valence-corrected chi connectivity index (χ2v) is 9.47. The number of urea groups is 1. The van der Waals surface area contributed by atoms with Gasteiger partial charge in [-0.15, -0.1) is 0 Å². The maximum Gasteiger partial charge on any atom is 0.338 e. The fourth-order valence-electron chi connectivity index (χ4n) is 5.14. The monoisotopic (exact) mass is 508 g/mol. The van der Waals surface area contributed by atoms with Gasteiger partial charge in [-0.1, -0.05) is 23.8 Å². The smallest absolute Gasteiger partial charge is 0.338 e. The molecule has 37 heavy (non-hydrogen) atoms. The minimum atomic E-state index is -0.603. The lowest BCUT2D eigenvalue weighted by molar-refractivity contribution is -0.139. The van der Waals surface area contributed by atoms with Crippen molar-refractivity contribution in [1.29, 1.82) is 0 Å². The maximum absolute atomic E-state index is 13.4. The second kappa shape index (κ2) is 11.6. The van der Waals surface area contributed by atoms with Gasteiger partial charge in [-0.3, -0.25) is 14.6 Å². The molecule has 3 amide bonds. The first-order valence-corrected chi connectivity index (χ1v) is 12.9. The molecule has 1 N–H and O–H groups in total. The van der Waals surface area contributed by atoms with Crippen molar-refractivity contribution >= 4 is 17.9 Å². The van der Waals surface area contributed by atoms with Crippen LogP contribution in [0.15, 0.2) is 52.3 Å². The lowest BCUT2D eigenvalue weighted by atomic mass is 9.90. The van der Waals surface area contributed by atoms with Crippen LogP contribution in [0.25, 0.3) is 0 Å². The molecule has 2 aliphatic heterocycles. The number of hydrogen-bond acceptors (Lipinski definition) is 6. The fraction of sp³-hybridized carbons (Fsp3) is 0.464. The van der Waals surface area contributed by atoms with E-state index in [1.54, 1.807) is 28.9 Å². The molecule has 1 atom stereocenters. The van der Waals surface area contributed by atoms with Crippen LogP contribution in [-0.4, -0.2) is 78.5 Å². The quantitative estimate of drug-likeness (QED) is 0.574. The normalized spacial score (nSPS) is 19.0. The predicted molar refractivity (Wildman–Crippen MR) is 139 cm³/mol. The van der Waals surface area contributed by atoms with E-state index in [0.29, 0.717) is 49.8 Å². The zero-order valence-electron chi connectivity index (χ0n) is 22.1. The third-order valence-electron chi connectivity index (χ3n) is 6.97. The van der Waals surface area contributed by atoms with Gasteiger partial charge in [-0.25, -0.2) is 9.59 Å². The summed E-state index contributed by atoms with van der Waals surface area (Å²) in [5, 5.41) is 3.05.